The number of halogens is 2. The van der Waals surface area contributed by atoms with Gasteiger partial charge in [-0.1, -0.05) is 12.1 Å². The molecule has 1 amide bonds. The van der Waals surface area contributed by atoms with E-state index < -0.39 is 11.6 Å². The molecule has 6 heteroatoms. The van der Waals surface area contributed by atoms with Crippen LogP contribution in [0, 0.1) is 11.6 Å². The summed E-state index contributed by atoms with van der Waals surface area (Å²) >= 11 is 0. The van der Waals surface area contributed by atoms with Crippen LogP contribution >= 0.6 is 0 Å². The number of carbonyl (C=O) groups is 1. The van der Waals surface area contributed by atoms with Crippen molar-refractivity contribution >= 4 is 5.91 Å². The van der Waals surface area contributed by atoms with Gasteiger partial charge >= 0.3 is 0 Å². The summed E-state index contributed by atoms with van der Waals surface area (Å²) in [6.45, 7) is 3.29. The Bertz CT molecular complexity index is 524. The molecule has 1 aliphatic rings. The van der Waals surface area contributed by atoms with Crippen LogP contribution in [0.3, 0.4) is 0 Å². The molecule has 0 aromatic heterocycles. The van der Waals surface area contributed by atoms with E-state index in [0.717, 1.165) is 6.07 Å². The number of carbonyl (C=O) groups excluding carboxylic acids is 1. The highest BCUT2D eigenvalue weighted by atomic mass is 19.2. The summed E-state index contributed by atoms with van der Waals surface area (Å²) in [7, 11) is 1.58. The van der Waals surface area contributed by atoms with Gasteiger partial charge in [-0.15, -0.1) is 0 Å². The fourth-order valence-corrected chi connectivity index (χ4v) is 2.67. The predicted octanol–water partition coefficient (Wildman–Crippen LogP) is 2.16. The molecular formula is C16H21F2NO3. The number of ether oxygens (including phenoxy) is 2. The number of methoxy groups -OCH3 is 1. The minimum absolute atomic E-state index is 0.0660. The predicted molar refractivity (Wildman–Crippen MR) is 77.5 cm³/mol. The van der Waals surface area contributed by atoms with Crippen molar-refractivity contribution in [1.82, 2.24) is 4.90 Å². The quantitative estimate of drug-likeness (QED) is 0.836. The van der Waals surface area contributed by atoms with Gasteiger partial charge in [0, 0.05) is 26.6 Å². The van der Waals surface area contributed by atoms with Crippen molar-refractivity contribution < 1.29 is 23.0 Å². The second-order valence-corrected chi connectivity index (χ2v) is 5.54. The SMILES string of the molecule is COC[C@H]1CN(C(=O)CCc2cccc(F)c2F)C[C@@H](C)O1. The van der Waals surface area contributed by atoms with Crippen LogP contribution in [0.2, 0.25) is 0 Å². The molecule has 1 heterocycles. The molecule has 1 saturated heterocycles. The number of aryl methyl sites for hydroxylation is 1. The maximum absolute atomic E-state index is 13.6. The van der Waals surface area contributed by atoms with Crippen molar-refractivity contribution in [1.29, 1.82) is 0 Å². The van der Waals surface area contributed by atoms with Gasteiger partial charge in [-0.25, -0.2) is 8.78 Å². The third kappa shape index (κ3) is 4.24. The fraction of sp³-hybridized carbons (Fsp3) is 0.562. The minimum atomic E-state index is -0.884. The molecule has 2 atom stereocenters. The Morgan fingerprint density at radius 1 is 1.41 bits per heavy atom. The molecule has 1 aliphatic heterocycles. The third-order valence-corrected chi connectivity index (χ3v) is 3.67. The van der Waals surface area contributed by atoms with Gasteiger partial charge < -0.3 is 14.4 Å². The number of hydrogen-bond acceptors (Lipinski definition) is 3. The van der Waals surface area contributed by atoms with E-state index in [1.165, 1.54) is 12.1 Å². The van der Waals surface area contributed by atoms with E-state index in [1.807, 2.05) is 6.92 Å². The molecule has 0 unspecified atom stereocenters. The molecule has 1 aromatic carbocycles. The van der Waals surface area contributed by atoms with Crippen molar-refractivity contribution in [2.24, 2.45) is 0 Å². The molecule has 122 valence electrons. The number of nitrogens with zero attached hydrogens (tertiary/aromatic N) is 1. The number of amides is 1. The van der Waals surface area contributed by atoms with Gasteiger partial charge in [-0.3, -0.25) is 4.79 Å². The van der Waals surface area contributed by atoms with Gasteiger partial charge in [0.1, 0.15) is 0 Å². The molecule has 2 rings (SSSR count). The van der Waals surface area contributed by atoms with Crippen LogP contribution in [0.25, 0.3) is 0 Å². The van der Waals surface area contributed by atoms with E-state index in [4.69, 9.17) is 9.47 Å². The Morgan fingerprint density at radius 3 is 2.91 bits per heavy atom. The second kappa shape index (κ2) is 7.65. The van der Waals surface area contributed by atoms with E-state index in [-0.39, 0.29) is 36.5 Å². The Balaban J connectivity index is 1.92. The van der Waals surface area contributed by atoms with E-state index in [1.54, 1.807) is 12.0 Å². The molecule has 4 nitrogen and oxygen atoms in total. The topological polar surface area (TPSA) is 38.8 Å². The van der Waals surface area contributed by atoms with Crippen LogP contribution < -0.4 is 0 Å². The standard InChI is InChI=1S/C16H21F2NO3/c1-11-8-19(9-13(22-11)10-21-2)15(20)7-6-12-4-3-5-14(17)16(12)18/h3-5,11,13H,6-10H2,1-2H3/t11-,13-/m1/s1. The first kappa shape index (κ1) is 16.8. The molecule has 1 fully saturated rings. The lowest BCUT2D eigenvalue weighted by Gasteiger charge is -2.36. The van der Waals surface area contributed by atoms with Gasteiger partial charge in [0.15, 0.2) is 11.6 Å². The average molecular weight is 313 g/mol. The number of benzene rings is 1. The lowest BCUT2D eigenvalue weighted by molar-refractivity contribution is -0.148. The van der Waals surface area contributed by atoms with Gasteiger partial charge in [-0.05, 0) is 25.0 Å². The van der Waals surface area contributed by atoms with Crippen molar-refractivity contribution in [2.45, 2.75) is 32.0 Å². The van der Waals surface area contributed by atoms with Gasteiger partial charge in [0.25, 0.3) is 0 Å². The molecule has 0 radical (unpaired) electrons. The molecule has 0 N–H and O–H groups in total. The molecule has 1 aromatic rings. The molecular weight excluding hydrogens is 292 g/mol. The molecule has 0 saturated carbocycles. The van der Waals surface area contributed by atoms with Crippen LogP contribution in [0.5, 0.6) is 0 Å². The molecule has 0 bridgehead atoms. The van der Waals surface area contributed by atoms with Gasteiger partial charge in [0.05, 0.1) is 18.8 Å². The normalized spacial score (nSPS) is 21.9. The van der Waals surface area contributed by atoms with Gasteiger partial charge in [-0.2, -0.15) is 0 Å². The Kier molecular flexibility index (Phi) is 5.85. The third-order valence-electron chi connectivity index (χ3n) is 3.67. The van der Waals surface area contributed by atoms with E-state index in [2.05, 4.69) is 0 Å². The zero-order chi connectivity index (χ0) is 16.1. The number of morpholine rings is 1. The highest BCUT2D eigenvalue weighted by molar-refractivity contribution is 5.76. The summed E-state index contributed by atoms with van der Waals surface area (Å²) in [5.41, 5.74) is 0.225. The maximum Gasteiger partial charge on any atom is 0.223 e. The summed E-state index contributed by atoms with van der Waals surface area (Å²) in [4.78, 5) is 14.0. The first-order valence-corrected chi connectivity index (χ1v) is 7.36. The van der Waals surface area contributed by atoms with Crippen molar-refractivity contribution in [3.63, 3.8) is 0 Å². The number of rotatable bonds is 5. The minimum Gasteiger partial charge on any atom is -0.382 e. The summed E-state index contributed by atoms with van der Waals surface area (Å²) in [5.74, 6) is -1.84. The second-order valence-electron chi connectivity index (χ2n) is 5.54. The number of hydrogen-bond donors (Lipinski definition) is 0. The zero-order valence-corrected chi connectivity index (χ0v) is 12.9. The lowest BCUT2D eigenvalue weighted by atomic mass is 10.1. The molecule has 0 spiro atoms. The molecule has 0 aliphatic carbocycles. The lowest BCUT2D eigenvalue weighted by Crippen LogP contribution is -2.50. The average Bonchev–Trinajstić information content (AvgIpc) is 2.48. The Morgan fingerprint density at radius 2 is 2.18 bits per heavy atom. The monoisotopic (exact) mass is 313 g/mol. The van der Waals surface area contributed by atoms with Crippen molar-refractivity contribution in [2.75, 3.05) is 26.8 Å². The summed E-state index contributed by atoms with van der Waals surface area (Å²) < 4.78 is 37.5. The van der Waals surface area contributed by atoms with Crippen LogP contribution in [-0.2, 0) is 20.7 Å². The van der Waals surface area contributed by atoms with E-state index >= 15 is 0 Å². The van der Waals surface area contributed by atoms with Crippen LogP contribution in [0.15, 0.2) is 18.2 Å². The molecule has 22 heavy (non-hydrogen) atoms. The summed E-state index contributed by atoms with van der Waals surface area (Å²) in [6.07, 6.45) is 0.114. The van der Waals surface area contributed by atoms with Crippen molar-refractivity contribution in [3.05, 3.63) is 35.4 Å². The van der Waals surface area contributed by atoms with Gasteiger partial charge in [0.2, 0.25) is 5.91 Å². The highest BCUT2D eigenvalue weighted by Gasteiger charge is 2.28. The van der Waals surface area contributed by atoms with Crippen LogP contribution in [0.4, 0.5) is 8.78 Å². The van der Waals surface area contributed by atoms with Crippen LogP contribution in [0.1, 0.15) is 18.9 Å². The van der Waals surface area contributed by atoms with Crippen molar-refractivity contribution in [3.8, 4) is 0 Å². The fourth-order valence-electron chi connectivity index (χ4n) is 2.67. The summed E-state index contributed by atoms with van der Waals surface area (Å²) in [6, 6.07) is 4.02. The van der Waals surface area contributed by atoms with E-state index in [9.17, 15) is 13.6 Å². The first-order valence-electron chi connectivity index (χ1n) is 7.36. The highest BCUT2D eigenvalue weighted by Crippen LogP contribution is 2.16. The van der Waals surface area contributed by atoms with E-state index in [0.29, 0.717) is 19.7 Å². The Labute approximate surface area is 129 Å². The zero-order valence-electron chi connectivity index (χ0n) is 12.9. The smallest absolute Gasteiger partial charge is 0.223 e. The largest absolute Gasteiger partial charge is 0.382 e. The first-order chi connectivity index (χ1) is 10.5. The maximum atomic E-state index is 13.6. The Hall–Kier alpha value is -1.53. The summed E-state index contributed by atoms with van der Waals surface area (Å²) in [5, 5.41) is 0. The van der Waals surface area contributed by atoms with Crippen LogP contribution in [-0.4, -0.2) is 49.8 Å².